The summed E-state index contributed by atoms with van der Waals surface area (Å²) in [6.45, 7) is 1.99. The molecule has 1 aromatic rings. The van der Waals surface area contributed by atoms with Crippen LogP contribution in [-0.4, -0.2) is 24.1 Å². The first-order chi connectivity index (χ1) is 9.10. The Morgan fingerprint density at radius 1 is 1.42 bits per heavy atom. The Hall–Kier alpha value is -2.11. The minimum absolute atomic E-state index is 0.0824. The zero-order chi connectivity index (χ0) is 14.3. The Morgan fingerprint density at radius 3 is 2.68 bits per heavy atom. The van der Waals surface area contributed by atoms with Gasteiger partial charge >= 0.3 is 11.7 Å². The predicted octanol–water partition coefficient (Wildman–Crippen LogP) is 2.71. The van der Waals surface area contributed by atoms with E-state index in [1.807, 2.05) is 6.92 Å². The van der Waals surface area contributed by atoms with E-state index in [4.69, 9.17) is 4.74 Å². The number of rotatable bonds is 7. The highest BCUT2D eigenvalue weighted by Crippen LogP contribution is 2.27. The van der Waals surface area contributed by atoms with Crippen molar-refractivity contribution in [3.8, 4) is 5.75 Å². The van der Waals surface area contributed by atoms with Crippen LogP contribution < -0.4 is 4.74 Å². The van der Waals surface area contributed by atoms with E-state index in [2.05, 4.69) is 4.74 Å². The van der Waals surface area contributed by atoms with Crippen molar-refractivity contribution in [2.45, 2.75) is 32.3 Å². The van der Waals surface area contributed by atoms with Crippen molar-refractivity contribution in [3.63, 3.8) is 0 Å². The van der Waals surface area contributed by atoms with Crippen LogP contribution in [-0.2, 0) is 9.53 Å². The number of esters is 1. The fourth-order valence-corrected chi connectivity index (χ4v) is 1.61. The summed E-state index contributed by atoms with van der Waals surface area (Å²) in [5.74, 6) is -0.439. The van der Waals surface area contributed by atoms with Gasteiger partial charge in [-0.2, -0.15) is 0 Å². The van der Waals surface area contributed by atoms with Crippen molar-refractivity contribution < 1.29 is 19.2 Å². The summed E-state index contributed by atoms with van der Waals surface area (Å²) in [6, 6.07) is 5.98. The van der Waals surface area contributed by atoms with Crippen molar-refractivity contribution in [3.05, 3.63) is 34.4 Å². The maximum atomic E-state index is 11.6. The first-order valence-electron chi connectivity index (χ1n) is 6.08. The van der Waals surface area contributed by atoms with Gasteiger partial charge in [-0.25, -0.2) is 4.79 Å². The van der Waals surface area contributed by atoms with Gasteiger partial charge in [-0.05, 0) is 18.9 Å². The normalized spacial score (nSPS) is 11.7. The highest BCUT2D eigenvalue weighted by atomic mass is 16.6. The molecule has 0 radical (unpaired) electrons. The van der Waals surface area contributed by atoms with Gasteiger partial charge in [0.05, 0.1) is 12.0 Å². The standard InChI is InChI=1S/C13H17NO5/c1-3-4-8-12(13(15)18-2)19-11-9-6-5-7-10(11)14(16)17/h5-7,9,12H,3-4,8H2,1-2H3. The largest absolute Gasteiger partial charge is 0.472 e. The lowest BCUT2D eigenvalue weighted by atomic mass is 10.1. The van der Waals surface area contributed by atoms with E-state index >= 15 is 0 Å². The summed E-state index contributed by atoms with van der Waals surface area (Å²) in [6.07, 6.45) is 1.33. The highest BCUT2D eigenvalue weighted by Gasteiger charge is 2.24. The molecular formula is C13H17NO5. The summed E-state index contributed by atoms with van der Waals surface area (Å²) in [4.78, 5) is 21.9. The number of carbonyl (C=O) groups is 1. The molecular weight excluding hydrogens is 250 g/mol. The molecule has 1 aromatic carbocycles. The minimum Gasteiger partial charge on any atom is -0.472 e. The van der Waals surface area contributed by atoms with E-state index < -0.39 is 17.0 Å². The minimum atomic E-state index is -0.814. The average molecular weight is 267 g/mol. The number of methoxy groups -OCH3 is 1. The zero-order valence-electron chi connectivity index (χ0n) is 11.0. The van der Waals surface area contributed by atoms with Gasteiger partial charge in [0.2, 0.25) is 0 Å². The van der Waals surface area contributed by atoms with Gasteiger partial charge < -0.3 is 9.47 Å². The zero-order valence-corrected chi connectivity index (χ0v) is 11.0. The molecule has 0 amide bonds. The Bertz CT molecular complexity index is 446. The van der Waals surface area contributed by atoms with Crippen LogP contribution in [0.3, 0.4) is 0 Å². The second-order valence-electron chi connectivity index (χ2n) is 4.00. The number of para-hydroxylation sites is 2. The fraction of sp³-hybridized carbons (Fsp3) is 0.462. The molecule has 19 heavy (non-hydrogen) atoms. The third-order valence-corrected chi connectivity index (χ3v) is 2.62. The second kappa shape index (κ2) is 7.35. The first kappa shape index (κ1) is 14.9. The quantitative estimate of drug-likeness (QED) is 0.431. The number of carbonyl (C=O) groups excluding carboxylic acids is 1. The van der Waals surface area contributed by atoms with E-state index in [1.54, 1.807) is 12.1 Å². The van der Waals surface area contributed by atoms with Crippen LogP contribution >= 0.6 is 0 Å². The van der Waals surface area contributed by atoms with E-state index in [9.17, 15) is 14.9 Å². The van der Waals surface area contributed by atoms with E-state index in [0.29, 0.717) is 6.42 Å². The molecule has 0 N–H and O–H groups in total. The maximum Gasteiger partial charge on any atom is 0.347 e. The topological polar surface area (TPSA) is 78.7 Å². The van der Waals surface area contributed by atoms with Crippen LogP contribution in [0.4, 0.5) is 5.69 Å². The number of hydrogen-bond donors (Lipinski definition) is 0. The van der Waals surface area contributed by atoms with E-state index in [1.165, 1.54) is 19.2 Å². The Labute approximate surface area is 111 Å². The predicted molar refractivity (Wildman–Crippen MR) is 69.1 cm³/mol. The third kappa shape index (κ3) is 4.24. The Kier molecular flexibility index (Phi) is 5.78. The van der Waals surface area contributed by atoms with Crippen LogP contribution in [0.15, 0.2) is 24.3 Å². The van der Waals surface area contributed by atoms with Gasteiger partial charge in [0, 0.05) is 6.07 Å². The van der Waals surface area contributed by atoms with Crippen molar-refractivity contribution in [2.24, 2.45) is 0 Å². The van der Waals surface area contributed by atoms with Gasteiger partial charge in [-0.3, -0.25) is 10.1 Å². The van der Waals surface area contributed by atoms with Crippen molar-refractivity contribution in [1.82, 2.24) is 0 Å². The molecule has 104 valence electrons. The summed E-state index contributed by atoms with van der Waals surface area (Å²) < 4.78 is 10.1. The van der Waals surface area contributed by atoms with Gasteiger partial charge in [-0.1, -0.05) is 25.5 Å². The molecule has 0 aliphatic carbocycles. The number of nitro groups is 1. The SMILES string of the molecule is CCCCC(Oc1ccccc1[N+](=O)[O-])C(=O)OC. The smallest absolute Gasteiger partial charge is 0.347 e. The number of hydrogen-bond acceptors (Lipinski definition) is 5. The van der Waals surface area contributed by atoms with Crippen molar-refractivity contribution in [2.75, 3.05) is 7.11 Å². The number of nitrogens with zero attached hydrogens (tertiary/aromatic N) is 1. The lowest BCUT2D eigenvalue weighted by molar-refractivity contribution is -0.386. The first-order valence-corrected chi connectivity index (χ1v) is 6.08. The number of unbranched alkanes of at least 4 members (excludes halogenated alkanes) is 1. The molecule has 0 heterocycles. The number of nitro benzene ring substituents is 1. The lowest BCUT2D eigenvalue weighted by Crippen LogP contribution is -2.28. The van der Waals surface area contributed by atoms with Crippen LogP contribution in [0.1, 0.15) is 26.2 Å². The van der Waals surface area contributed by atoms with Crippen LogP contribution in [0.25, 0.3) is 0 Å². The second-order valence-corrected chi connectivity index (χ2v) is 4.00. The van der Waals surface area contributed by atoms with Crippen LogP contribution in [0.2, 0.25) is 0 Å². The molecule has 6 nitrogen and oxygen atoms in total. The Morgan fingerprint density at radius 2 is 2.11 bits per heavy atom. The fourth-order valence-electron chi connectivity index (χ4n) is 1.61. The van der Waals surface area contributed by atoms with Gasteiger partial charge in [0.1, 0.15) is 0 Å². The van der Waals surface area contributed by atoms with E-state index in [-0.39, 0.29) is 11.4 Å². The molecule has 0 spiro atoms. The molecule has 1 rings (SSSR count). The number of benzene rings is 1. The number of ether oxygens (including phenoxy) is 2. The van der Waals surface area contributed by atoms with Gasteiger partial charge in [-0.15, -0.1) is 0 Å². The molecule has 6 heteroatoms. The third-order valence-electron chi connectivity index (χ3n) is 2.62. The summed E-state index contributed by atoms with van der Waals surface area (Å²) in [7, 11) is 1.27. The molecule has 0 bridgehead atoms. The van der Waals surface area contributed by atoms with Crippen LogP contribution in [0, 0.1) is 10.1 Å². The monoisotopic (exact) mass is 267 g/mol. The molecule has 1 atom stereocenters. The maximum absolute atomic E-state index is 11.6. The summed E-state index contributed by atoms with van der Waals surface area (Å²) in [5, 5.41) is 10.9. The molecule has 1 unspecified atom stereocenters. The molecule has 0 fully saturated rings. The molecule has 0 aliphatic rings. The molecule has 0 saturated carbocycles. The average Bonchev–Trinajstić information content (AvgIpc) is 2.42. The summed E-state index contributed by atoms with van der Waals surface area (Å²) >= 11 is 0. The lowest BCUT2D eigenvalue weighted by Gasteiger charge is -2.16. The van der Waals surface area contributed by atoms with Crippen LogP contribution in [0.5, 0.6) is 5.75 Å². The van der Waals surface area contributed by atoms with Gasteiger partial charge in [0.15, 0.2) is 11.9 Å². The Balaban J connectivity index is 2.89. The van der Waals surface area contributed by atoms with E-state index in [0.717, 1.165) is 12.8 Å². The van der Waals surface area contributed by atoms with Crippen molar-refractivity contribution >= 4 is 11.7 Å². The highest BCUT2D eigenvalue weighted by molar-refractivity contribution is 5.75. The molecule has 0 saturated heterocycles. The van der Waals surface area contributed by atoms with Crippen molar-refractivity contribution in [1.29, 1.82) is 0 Å². The summed E-state index contributed by atoms with van der Waals surface area (Å²) in [5.41, 5.74) is -0.159. The molecule has 0 aliphatic heterocycles. The van der Waals surface area contributed by atoms with Gasteiger partial charge in [0.25, 0.3) is 0 Å². The molecule has 0 aromatic heterocycles.